The molecule has 3 aromatic rings. The molecule has 0 amide bonds. The highest BCUT2D eigenvalue weighted by Gasteiger charge is 2.59. The number of hydrogen-bond acceptors (Lipinski definition) is 1. The van der Waals surface area contributed by atoms with Crippen LogP contribution in [0.3, 0.4) is 0 Å². The molecule has 2 heteroatoms. The van der Waals surface area contributed by atoms with Crippen LogP contribution < -0.4 is 0 Å². The van der Waals surface area contributed by atoms with E-state index in [4.69, 9.17) is 0 Å². The molecule has 0 fully saturated rings. The van der Waals surface area contributed by atoms with E-state index < -0.39 is 0 Å². The first-order chi connectivity index (χ1) is 13.4. The molecule has 5 aliphatic rings. The van der Waals surface area contributed by atoms with Crippen LogP contribution in [0.15, 0.2) is 60.3 Å². The fraction of sp³-hybridized carbons (Fsp3) is 0.280. The highest BCUT2D eigenvalue weighted by atomic mass is 15.4. The van der Waals surface area contributed by atoms with E-state index in [0.29, 0.717) is 6.04 Å². The molecule has 8 rings (SSSR count). The highest BCUT2D eigenvalue weighted by Crippen LogP contribution is 2.59. The summed E-state index contributed by atoms with van der Waals surface area (Å²) < 4.78 is 2.75. The zero-order valence-electron chi connectivity index (χ0n) is 15.2. The van der Waals surface area contributed by atoms with Gasteiger partial charge < -0.3 is 9.47 Å². The van der Waals surface area contributed by atoms with Gasteiger partial charge >= 0.3 is 0 Å². The second kappa shape index (κ2) is 4.06. The Morgan fingerprint density at radius 2 is 1.37 bits per heavy atom. The summed E-state index contributed by atoms with van der Waals surface area (Å²) in [5, 5.41) is 0. The predicted molar refractivity (Wildman–Crippen MR) is 105 cm³/mol. The van der Waals surface area contributed by atoms with Gasteiger partial charge in [-0.2, -0.15) is 0 Å². The van der Waals surface area contributed by atoms with E-state index in [1.54, 1.807) is 39.1 Å². The van der Waals surface area contributed by atoms with Gasteiger partial charge in [0.25, 0.3) is 0 Å². The van der Waals surface area contributed by atoms with Crippen molar-refractivity contribution >= 4 is 0 Å². The number of allylic oxidation sites excluding steroid dienone is 1. The van der Waals surface area contributed by atoms with Crippen LogP contribution in [0.2, 0.25) is 0 Å². The Kier molecular flexibility index (Phi) is 2.02. The molecule has 5 aliphatic heterocycles. The van der Waals surface area contributed by atoms with Crippen molar-refractivity contribution in [3.8, 4) is 0 Å². The molecule has 2 unspecified atom stereocenters. The summed E-state index contributed by atoms with van der Waals surface area (Å²) in [5.41, 5.74) is 13.8. The van der Waals surface area contributed by atoms with Gasteiger partial charge in [-0.3, -0.25) is 0 Å². The lowest BCUT2D eigenvalue weighted by Gasteiger charge is -2.60. The van der Waals surface area contributed by atoms with Gasteiger partial charge in [-0.1, -0.05) is 42.5 Å². The minimum Gasteiger partial charge on any atom is -0.341 e. The maximum absolute atomic E-state index is 2.84. The largest absolute Gasteiger partial charge is 0.341 e. The summed E-state index contributed by atoms with van der Waals surface area (Å²) in [7, 11) is 0. The Hall–Kier alpha value is -2.74. The second-order valence-electron chi connectivity index (χ2n) is 8.92. The monoisotopic (exact) mass is 348 g/mol. The lowest BCUT2D eigenvalue weighted by atomic mass is 9.68. The summed E-state index contributed by atoms with van der Waals surface area (Å²) >= 11 is 0. The molecule has 1 aromatic heterocycles. The Balaban J connectivity index is 1.66. The third-order valence-electron chi connectivity index (χ3n) is 7.76. The van der Waals surface area contributed by atoms with Crippen molar-refractivity contribution in [1.29, 1.82) is 0 Å². The third-order valence-corrected chi connectivity index (χ3v) is 7.76. The maximum atomic E-state index is 2.84. The summed E-state index contributed by atoms with van der Waals surface area (Å²) in [6.45, 7) is 0. The number of hydrogen-bond donors (Lipinski definition) is 0. The molecule has 0 radical (unpaired) electrons. The van der Waals surface area contributed by atoms with Gasteiger partial charge in [0.05, 0.1) is 0 Å². The minimum atomic E-state index is -0.133. The molecular formula is C25H20N2. The molecule has 0 N–H and O–H groups in total. The van der Waals surface area contributed by atoms with E-state index >= 15 is 0 Å². The molecule has 1 spiro atoms. The van der Waals surface area contributed by atoms with Crippen LogP contribution >= 0.6 is 0 Å². The van der Waals surface area contributed by atoms with Crippen molar-refractivity contribution in [3.63, 3.8) is 0 Å². The van der Waals surface area contributed by atoms with Crippen molar-refractivity contribution in [3.05, 3.63) is 105 Å². The molecule has 0 bridgehead atoms. The molecule has 2 nitrogen and oxygen atoms in total. The minimum absolute atomic E-state index is 0.133. The first-order valence-electron chi connectivity index (χ1n) is 10.3. The van der Waals surface area contributed by atoms with E-state index in [2.05, 4.69) is 64.1 Å². The SMILES string of the molecule is C1=C2Cc3cccc4c3C35c6c(cccc6CC(C1)N23)Cc1ccc(n15)C4. The Labute approximate surface area is 158 Å². The molecule has 0 aliphatic carbocycles. The first-order valence-corrected chi connectivity index (χ1v) is 10.3. The lowest BCUT2D eigenvalue weighted by molar-refractivity contribution is 0.0602. The van der Waals surface area contributed by atoms with Gasteiger partial charge in [0, 0.05) is 53.5 Å². The van der Waals surface area contributed by atoms with Crippen LogP contribution in [0.5, 0.6) is 0 Å². The van der Waals surface area contributed by atoms with Crippen LogP contribution in [-0.2, 0) is 31.3 Å². The normalized spacial score (nSPS) is 27.2. The molecule has 0 saturated carbocycles. The zero-order chi connectivity index (χ0) is 17.3. The van der Waals surface area contributed by atoms with Crippen LogP contribution in [0.25, 0.3) is 0 Å². The summed E-state index contributed by atoms with van der Waals surface area (Å²) in [5.74, 6) is 0. The smallest absolute Gasteiger partial charge is 0.171 e. The van der Waals surface area contributed by atoms with E-state index in [9.17, 15) is 0 Å². The van der Waals surface area contributed by atoms with Crippen molar-refractivity contribution in [2.24, 2.45) is 0 Å². The van der Waals surface area contributed by atoms with Crippen LogP contribution in [0, 0.1) is 0 Å². The standard InChI is InChI=1S/C25H20N2/c1-3-15-11-19-7-9-21-13-17-5-2-6-18-14-22-10-8-20-12-16(4-1)23(15)25(24(17)18,26(19)21)27(20)22/h1-9,22H,10-14H2. The van der Waals surface area contributed by atoms with Gasteiger partial charge in [0.15, 0.2) is 5.66 Å². The van der Waals surface area contributed by atoms with Crippen molar-refractivity contribution < 1.29 is 0 Å². The fourth-order valence-corrected chi connectivity index (χ4v) is 7.08. The van der Waals surface area contributed by atoms with Crippen molar-refractivity contribution in [2.45, 2.75) is 43.8 Å². The van der Waals surface area contributed by atoms with E-state index in [1.807, 2.05) is 0 Å². The van der Waals surface area contributed by atoms with Crippen molar-refractivity contribution in [1.82, 2.24) is 9.47 Å². The van der Waals surface area contributed by atoms with Crippen LogP contribution in [0.4, 0.5) is 0 Å². The summed E-state index contributed by atoms with van der Waals surface area (Å²) in [6.07, 6.45) is 8.15. The molecule has 27 heavy (non-hydrogen) atoms. The number of rotatable bonds is 0. The van der Waals surface area contributed by atoms with Gasteiger partial charge in [-0.15, -0.1) is 0 Å². The van der Waals surface area contributed by atoms with Crippen LogP contribution in [-0.4, -0.2) is 15.5 Å². The molecule has 0 saturated heterocycles. The van der Waals surface area contributed by atoms with E-state index in [1.165, 1.54) is 24.2 Å². The average molecular weight is 348 g/mol. The van der Waals surface area contributed by atoms with E-state index in [-0.39, 0.29) is 5.66 Å². The molecule has 130 valence electrons. The van der Waals surface area contributed by atoms with E-state index in [0.717, 1.165) is 19.3 Å². The Morgan fingerprint density at radius 3 is 2.11 bits per heavy atom. The molecule has 2 atom stereocenters. The van der Waals surface area contributed by atoms with Crippen LogP contribution in [0.1, 0.15) is 51.2 Å². The Morgan fingerprint density at radius 1 is 0.741 bits per heavy atom. The summed E-state index contributed by atoms with van der Waals surface area (Å²) in [4.78, 5) is 2.84. The van der Waals surface area contributed by atoms with Crippen molar-refractivity contribution in [2.75, 3.05) is 0 Å². The maximum Gasteiger partial charge on any atom is 0.171 e. The fourth-order valence-electron chi connectivity index (χ4n) is 7.08. The predicted octanol–water partition coefficient (Wildman–Crippen LogP) is 4.12. The highest BCUT2D eigenvalue weighted by molar-refractivity contribution is 5.64. The number of aromatic nitrogens is 1. The van der Waals surface area contributed by atoms with Gasteiger partial charge in [0.2, 0.25) is 0 Å². The Bertz CT molecular complexity index is 1210. The lowest BCUT2D eigenvalue weighted by Crippen LogP contribution is -2.63. The number of nitrogens with zero attached hydrogens (tertiary/aromatic N) is 2. The zero-order valence-corrected chi connectivity index (χ0v) is 15.2. The van der Waals surface area contributed by atoms with Gasteiger partial charge in [-0.25, -0.2) is 0 Å². The average Bonchev–Trinajstić information content (AvgIpc) is 3.28. The molecule has 2 aromatic carbocycles. The second-order valence-corrected chi connectivity index (χ2v) is 8.92. The first kappa shape index (κ1) is 13.4. The topological polar surface area (TPSA) is 8.17 Å². The molecular weight excluding hydrogens is 328 g/mol. The molecule has 6 heterocycles. The number of benzene rings is 2. The third kappa shape index (κ3) is 1.26. The summed E-state index contributed by atoms with van der Waals surface area (Å²) in [6, 6.07) is 19.5. The van der Waals surface area contributed by atoms with Gasteiger partial charge in [-0.05, 0) is 47.2 Å². The van der Waals surface area contributed by atoms with Gasteiger partial charge in [0.1, 0.15) is 0 Å². The quantitative estimate of drug-likeness (QED) is 0.593.